The number of nitrogens with one attached hydrogen (secondary N) is 1. The minimum absolute atomic E-state index is 0.0443. The molecular formula is C26H34N2O5. The zero-order valence-electron chi connectivity index (χ0n) is 19.2. The van der Waals surface area contributed by atoms with E-state index in [-0.39, 0.29) is 24.7 Å². The van der Waals surface area contributed by atoms with Crippen molar-refractivity contribution in [3.05, 3.63) is 54.8 Å². The number of ether oxygens (including phenoxy) is 3. The molecule has 1 aliphatic carbocycles. The number of hydrogen-bond acceptors (Lipinski definition) is 5. The first-order valence-electron chi connectivity index (χ1n) is 11.9. The molecule has 0 unspecified atom stereocenters. The van der Waals surface area contributed by atoms with E-state index in [1.54, 1.807) is 4.90 Å². The predicted molar refractivity (Wildman–Crippen MR) is 126 cm³/mol. The van der Waals surface area contributed by atoms with E-state index in [2.05, 4.69) is 36.7 Å². The number of benzene rings is 1. The Labute approximate surface area is 195 Å². The number of carbonyl (C=O) groups excluding carboxylic acids is 2. The summed E-state index contributed by atoms with van der Waals surface area (Å²) in [5.41, 5.74) is 1.90. The minimum Gasteiger partial charge on any atom is -0.419 e. The Hall–Kier alpha value is -2.64. The van der Waals surface area contributed by atoms with Gasteiger partial charge in [0.05, 0.1) is 37.2 Å². The lowest BCUT2D eigenvalue weighted by Crippen LogP contribution is -2.71. The van der Waals surface area contributed by atoms with Gasteiger partial charge in [-0.2, -0.15) is 0 Å². The largest absolute Gasteiger partial charge is 0.419 e. The third-order valence-electron chi connectivity index (χ3n) is 7.26. The van der Waals surface area contributed by atoms with E-state index >= 15 is 0 Å². The molecule has 0 bridgehead atoms. The van der Waals surface area contributed by atoms with Crippen LogP contribution >= 0.6 is 0 Å². The Morgan fingerprint density at radius 2 is 2.03 bits per heavy atom. The normalized spacial score (nSPS) is 29.9. The van der Waals surface area contributed by atoms with Gasteiger partial charge in [-0.15, -0.1) is 0 Å². The first-order valence-corrected chi connectivity index (χ1v) is 11.9. The van der Waals surface area contributed by atoms with Crippen molar-refractivity contribution < 1.29 is 23.8 Å². The highest BCUT2D eigenvalue weighted by Gasteiger charge is 2.50. The van der Waals surface area contributed by atoms with Gasteiger partial charge in [0.25, 0.3) is 0 Å². The van der Waals surface area contributed by atoms with E-state index in [1.807, 2.05) is 12.1 Å². The summed E-state index contributed by atoms with van der Waals surface area (Å²) >= 11 is 0. The topological polar surface area (TPSA) is 77.1 Å². The Kier molecular flexibility index (Phi) is 7.50. The molecule has 2 atom stereocenters. The summed E-state index contributed by atoms with van der Waals surface area (Å²) < 4.78 is 17.1. The van der Waals surface area contributed by atoms with E-state index in [0.717, 1.165) is 44.8 Å². The lowest BCUT2D eigenvalue weighted by Gasteiger charge is -2.51. The Balaban J connectivity index is 1.42. The number of likely N-dealkylation sites (tertiary alicyclic amines) is 1. The van der Waals surface area contributed by atoms with Crippen molar-refractivity contribution in [1.29, 1.82) is 0 Å². The monoisotopic (exact) mass is 454 g/mol. The predicted octanol–water partition coefficient (Wildman–Crippen LogP) is 4.00. The molecule has 7 nitrogen and oxygen atoms in total. The summed E-state index contributed by atoms with van der Waals surface area (Å²) in [7, 11) is 0. The summed E-state index contributed by atoms with van der Waals surface area (Å²) in [6.07, 6.45) is 8.20. The molecule has 0 aromatic heterocycles. The van der Waals surface area contributed by atoms with E-state index in [0.29, 0.717) is 25.7 Å². The summed E-state index contributed by atoms with van der Waals surface area (Å²) in [6, 6.07) is 8.09. The number of morpholine rings is 1. The molecule has 1 spiro atoms. The standard InChI is InChI=1S/C26H34N2O5/c1-3-19-8-5-6-9-22(19)20-10-12-21(13-11-20)33-16-23-26(18-31-17-24(29)27-26)14-7-15-28(23)25(30)32-4-2/h3-6,8-9,20-21,23H,1-2,7,10-18H2,(H,27,29)/t20?,21?,23-,26+/m0/s1. The molecule has 2 amide bonds. The van der Waals surface area contributed by atoms with Crippen LogP contribution in [0.25, 0.3) is 6.08 Å². The maximum Gasteiger partial charge on any atom is 0.415 e. The van der Waals surface area contributed by atoms with Crippen LogP contribution in [0.1, 0.15) is 55.6 Å². The first kappa shape index (κ1) is 23.5. The third-order valence-corrected chi connectivity index (χ3v) is 7.26. The fourth-order valence-electron chi connectivity index (χ4n) is 5.62. The van der Waals surface area contributed by atoms with Gasteiger partial charge < -0.3 is 24.4 Å². The van der Waals surface area contributed by atoms with Crippen LogP contribution in [-0.4, -0.2) is 61.0 Å². The Morgan fingerprint density at radius 1 is 1.24 bits per heavy atom. The van der Waals surface area contributed by atoms with Crippen molar-refractivity contribution in [2.24, 2.45) is 0 Å². The van der Waals surface area contributed by atoms with Crippen LogP contribution in [0, 0.1) is 0 Å². The minimum atomic E-state index is -0.659. The number of hydrogen-bond donors (Lipinski definition) is 1. The third kappa shape index (κ3) is 5.14. The zero-order chi connectivity index (χ0) is 23.3. The van der Waals surface area contributed by atoms with Crippen molar-refractivity contribution in [2.75, 3.05) is 26.4 Å². The average Bonchev–Trinajstić information content (AvgIpc) is 2.83. The van der Waals surface area contributed by atoms with Crippen molar-refractivity contribution >= 4 is 18.1 Å². The van der Waals surface area contributed by atoms with E-state index in [1.165, 1.54) is 11.1 Å². The maximum atomic E-state index is 12.6. The highest BCUT2D eigenvalue weighted by Crippen LogP contribution is 2.37. The van der Waals surface area contributed by atoms with Crippen molar-refractivity contribution in [3.8, 4) is 0 Å². The smallest absolute Gasteiger partial charge is 0.415 e. The molecule has 2 saturated heterocycles. The highest BCUT2D eigenvalue weighted by atomic mass is 16.5. The molecule has 3 fully saturated rings. The molecule has 33 heavy (non-hydrogen) atoms. The molecule has 7 heteroatoms. The van der Waals surface area contributed by atoms with Crippen LogP contribution < -0.4 is 5.32 Å². The quantitative estimate of drug-likeness (QED) is 0.658. The van der Waals surface area contributed by atoms with Crippen LogP contribution in [-0.2, 0) is 19.0 Å². The molecule has 0 radical (unpaired) electrons. The van der Waals surface area contributed by atoms with Crippen LogP contribution in [0.15, 0.2) is 43.7 Å². The number of carbonyl (C=O) groups is 2. The fraction of sp³-hybridized carbons (Fsp3) is 0.538. The number of nitrogens with zero attached hydrogens (tertiary/aromatic N) is 1. The molecule has 4 rings (SSSR count). The maximum absolute atomic E-state index is 12.6. The van der Waals surface area contributed by atoms with Crippen LogP contribution in [0.2, 0.25) is 0 Å². The zero-order valence-corrected chi connectivity index (χ0v) is 19.2. The van der Waals surface area contributed by atoms with Gasteiger partial charge in [-0.05, 0) is 55.6 Å². The van der Waals surface area contributed by atoms with E-state index in [4.69, 9.17) is 14.2 Å². The second-order valence-corrected chi connectivity index (χ2v) is 9.20. The molecule has 178 valence electrons. The van der Waals surface area contributed by atoms with Crippen LogP contribution in [0.4, 0.5) is 4.79 Å². The van der Waals surface area contributed by atoms with Gasteiger partial charge >= 0.3 is 6.09 Å². The van der Waals surface area contributed by atoms with Crippen LogP contribution in [0.5, 0.6) is 0 Å². The Bertz CT molecular complexity index is 875. The first-order chi connectivity index (χ1) is 16.1. The summed E-state index contributed by atoms with van der Waals surface area (Å²) in [4.78, 5) is 26.5. The van der Waals surface area contributed by atoms with Gasteiger partial charge in [0.2, 0.25) is 5.91 Å². The summed E-state index contributed by atoms with van der Waals surface area (Å²) in [5.74, 6) is 0.344. The lowest BCUT2D eigenvalue weighted by molar-refractivity contribution is -0.143. The van der Waals surface area contributed by atoms with Crippen molar-refractivity contribution in [3.63, 3.8) is 0 Å². The molecule has 1 aromatic rings. The van der Waals surface area contributed by atoms with Gasteiger partial charge in [0.1, 0.15) is 6.61 Å². The Morgan fingerprint density at radius 3 is 2.76 bits per heavy atom. The number of amides is 2. The second kappa shape index (κ2) is 10.5. The van der Waals surface area contributed by atoms with Gasteiger partial charge in [0.15, 0.2) is 0 Å². The van der Waals surface area contributed by atoms with E-state index in [9.17, 15) is 9.59 Å². The van der Waals surface area contributed by atoms with E-state index < -0.39 is 11.6 Å². The van der Waals surface area contributed by atoms with Gasteiger partial charge in [0, 0.05) is 6.54 Å². The number of rotatable bonds is 6. The SMILES string of the molecule is C=COC(=O)N1CCC[C@@]2(COCC(=O)N2)[C@@H]1COC1CCC(c2ccccc2C=C)CC1. The molecule has 3 aliphatic rings. The number of piperidine rings is 1. The summed E-state index contributed by atoms with van der Waals surface area (Å²) in [5, 5.41) is 3.11. The van der Waals surface area contributed by atoms with Gasteiger partial charge in [-0.3, -0.25) is 4.79 Å². The second-order valence-electron chi connectivity index (χ2n) is 9.20. The molecular weight excluding hydrogens is 420 g/mol. The molecule has 2 heterocycles. The average molecular weight is 455 g/mol. The molecule has 2 aliphatic heterocycles. The fourth-order valence-corrected chi connectivity index (χ4v) is 5.62. The summed E-state index contributed by atoms with van der Waals surface area (Å²) in [6.45, 7) is 8.72. The van der Waals surface area contributed by atoms with Crippen molar-refractivity contribution in [1.82, 2.24) is 10.2 Å². The van der Waals surface area contributed by atoms with Crippen LogP contribution in [0.3, 0.4) is 0 Å². The molecule has 1 saturated carbocycles. The lowest BCUT2D eigenvalue weighted by atomic mass is 9.80. The molecule has 1 aromatic carbocycles. The highest BCUT2D eigenvalue weighted by molar-refractivity contribution is 5.79. The molecule has 1 N–H and O–H groups in total. The van der Waals surface area contributed by atoms with Gasteiger partial charge in [-0.25, -0.2) is 4.79 Å². The van der Waals surface area contributed by atoms with Gasteiger partial charge in [-0.1, -0.05) is 43.5 Å². The van der Waals surface area contributed by atoms with Crippen molar-refractivity contribution in [2.45, 2.75) is 62.1 Å².